The van der Waals surface area contributed by atoms with Crippen molar-refractivity contribution in [1.29, 1.82) is 0 Å². The third-order valence-electron chi connectivity index (χ3n) is 2.19. The molecule has 1 aromatic carbocycles. The van der Waals surface area contributed by atoms with Crippen LogP contribution in [0.1, 0.15) is 18.9 Å². The number of hydrogen-bond acceptors (Lipinski definition) is 2. The second kappa shape index (κ2) is 2.70. The van der Waals surface area contributed by atoms with E-state index >= 15 is 0 Å². The molecule has 64 valence electrons. The largest absolute Gasteiger partial charge is 0.508 e. The van der Waals surface area contributed by atoms with E-state index < -0.39 is 0 Å². The zero-order valence-corrected chi connectivity index (χ0v) is 7.08. The molecule has 0 saturated carbocycles. The zero-order valence-electron chi connectivity index (χ0n) is 7.08. The second-order valence-corrected chi connectivity index (χ2v) is 3.26. The van der Waals surface area contributed by atoms with Crippen LogP contribution in [0, 0.1) is 0 Å². The lowest BCUT2D eigenvalue weighted by atomic mass is 10.0. The Morgan fingerprint density at radius 3 is 3.17 bits per heavy atom. The molecular weight excluding hydrogens is 152 g/mol. The van der Waals surface area contributed by atoms with E-state index in [0.29, 0.717) is 11.9 Å². The molecular formula is C10H12O2. The van der Waals surface area contributed by atoms with Gasteiger partial charge in [0, 0.05) is 0 Å². The van der Waals surface area contributed by atoms with Crippen molar-refractivity contribution in [2.75, 3.05) is 0 Å². The monoisotopic (exact) mass is 164 g/mol. The molecule has 0 aromatic heterocycles. The van der Waals surface area contributed by atoms with Gasteiger partial charge in [0.1, 0.15) is 11.5 Å². The van der Waals surface area contributed by atoms with Crippen LogP contribution in [0.4, 0.5) is 0 Å². The number of fused-ring (bicyclic) bond motifs is 1. The Morgan fingerprint density at radius 1 is 1.50 bits per heavy atom. The fraction of sp³-hybridized carbons (Fsp3) is 0.400. The van der Waals surface area contributed by atoms with E-state index in [1.165, 1.54) is 0 Å². The van der Waals surface area contributed by atoms with Gasteiger partial charge < -0.3 is 9.84 Å². The maximum Gasteiger partial charge on any atom is 0.123 e. The van der Waals surface area contributed by atoms with Crippen LogP contribution in [-0.2, 0) is 6.42 Å². The Bertz CT molecular complexity index is 294. The Balaban J connectivity index is 2.37. The summed E-state index contributed by atoms with van der Waals surface area (Å²) < 4.78 is 5.58. The molecule has 1 aliphatic heterocycles. The highest BCUT2D eigenvalue weighted by Crippen LogP contribution is 2.29. The third-order valence-corrected chi connectivity index (χ3v) is 2.19. The van der Waals surface area contributed by atoms with Crippen molar-refractivity contribution in [2.45, 2.75) is 25.9 Å². The van der Waals surface area contributed by atoms with Crippen molar-refractivity contribution in [1.82, 2.24) is 0 Å². The van der Waals surface area contributed by atoms with Gasteiger partial charge in [-0.25, -0.2) is 0 Å². The normalized spacial score (nSPS) is 21.2. The molecule has 0 saturated heterocycles. The molecule has 0 radical (unpaired) electrons. The zero-order chi connectivity index (χ0) is 8.55. The topological polar surface area (TPSA) is 29.5 Å². The van der Waals surface area contributed by atoms with Crippen molar-refractivity contribution in [3.63, 3.8) is 0 Å². The number of phenolic OH excluding ortho intramolecular Hbond substituents is 1. The minimum atomic E-state index is 0.307. The Kier molecular flexibility index (Phi) is 1.68. The van der Waals surface area contributed by atoms with Crippen LogP contribution in [0.2, 0.25) is 0 Å². The van der Waals surface area contributed by atoms with Crippen molar-refractivity contribution >= 4 is 0 Å². The first kappa shape index (κ1) is 7.47. The van der Waals surface area contributed by atoms with Crippen LogP contribution in [0.3, 0.4) is 0 Å². The maximum atomic E-state index is 9.20. The van der Waals surface area contributed by atoms with E-state index in [-0.39, 0.29) is 0 Å². The second-order valence-electron chi connectivity index (χ2n) is 3.26. The molecule has 0 amide bonds. The van der Waals surface area contributed by atoms with Gasteiger partial charge in [-0.1, -0.05) is 0 Å². The lowest BCUT2D eigenvalue weighted by molar-refractivity contribution is 0.192. The fourth-order valence-electron chi connectivity index (χ4n) is 1.51. The molecule has 2 nitrogen and oxygen atoms in total. The fourth-order valence-corrected chi connectivity index (χ4v) is 1.51. The summed E-state index contributed by atoms with van der Waals surface area (Å²) >= 11 is 0. The first-order valence-corrected chi connectivity index (χ1v) is 4.24. The lowest BCUT2D eigenvalue weighted by Gasteiger charge is -2.22. The summed E-state index contributed by atoms with van der Waals surface area (Å²) in [7, 11) is 0. The average molecular weight is 164 g/mol. The molecule has 0 fully saturated rings. The van der Waals surface area contributed by atoms with Gasteiger partial charge in [-0.15, -0.1) is 0 Å². The van der Waals surface area contributed by atoms with Gasteiger partial charge in [0.2, 0.25) is 0 Å². The summed E-state index contributed by atoms with van der Waals surface area (Å²) in [6, 6.07) is 5.28. The van der Waals surface area contributed by atoms with E-state index in [9.17, 15) is 5.11 Å². The molecule has 0 aliphatic carbocycles. The van der Waals surface area contributed by atoms with Gasteiger partial charge in [0.25, 0.3) is 0 Å². The number of ether oxygens (including phenoxy) is 1. The number of aryl methyl sites for hydroxylation is 1. The van der Waals surface area contributed by atoms with Crippen LogP contribution in [-0.4, -0.2) is 11.2 Å². The summed E-state index contributed by atoms with van der Waals surface area (Å²) in [6.45, 7) is 2.07. The van der Waals surface area contributed by atoms with Crippen molar-refractivity contribution in [2.24, 2.45) is 0 Å². The predicted molar refractivity (Wildman–Crippen MR) is 46.5 cm³/mol. The molecule has 1 aliphatic rings. The van der Waals surface area contributed by atoms with E-state index in [1.54, 1.807) is 12.1 Å². The Morgan fingerprint density at radius 2 is 2.33 bits per heavy atom. The molecule has 12 heavy (non-hydrogen) atoms. The van der Waals surface area contributed by atoms with Crippen LogP contribution >= 0.6 is 0 Å². The van der Waals surface area contributed by atoms with Gasteiger partial charge >= 0.3 is 0 Å². The number of phenols is 1. The van der Waals surface area contributed by atoms with E-state index in [0.717, 1.165) is 24.2 Å². The minimum Gasteiger partial charge on any atom is -0.508 e. The van der Waals surface area contributed by atoms with E-state index in [4.69, 9.17) is 4.74 Å². The van der Waals surface area contributed by atoms with Gasteiger partial charge in [-0.05, 0) is 43.5 Å². The van der Waals surface area contributed by atoms with Crippen LogP contribution in [0.25, 0.3) is 0 Å². The molecule has 1 aromatic rings. The van der Waals surface area contributed by atoms with Crippen LogP contribution in [0.15, 0.2) is 18.2 Å². The Hall–Kier alpha value is -1.18. The summed E-state index contributed by atoms with van der Waals surface area (Å²) in [6.07, 6.45) is 2.35. The molecule has 0 bridgehead atoms. The smallest absolute Gasteiger partial charge is 0.123 e. The third kappa shape index (κ3) is 1.24. The quantitative estimate of drug-likeness (QED) is 0.636. The van der Waals surface area contributed by atoms with E-state index in [1.807, 2.05) is 6.07 Å². The van der Waals surface area contributed by atoms with Crippen molar-refractivity contribution < 1.29 is 9.84 Å². The van der Waals surface area contributed by atoms with E-state index in [2.05, 4.69) is 6.92 Å². The van der Waals surface area contributed by atoms with Crippen molar-refractivity contribution in [3.8, 4) is 11.5 Å². The number of rotatable bonds is 0. The molecule has 1 heterocycles. The summed E-state index contributed by atoms with van der Waals surface area (Å²) in [4.78, 5) is 0. The lowest BCUT2D eigenvalue weighted by Crippen LogP contribution is -2.18. The van der Waals surface area contributed by atoms with Gasteiger partial charge in [0.05, 0.1) is 6.10 Å². The molecule has 1 N–H and O–H groups in total. The molecule has 1 atom stereocenters. The van der Waals surface area contributed by atoms with Crippen LogP contribution < -0.4 is 4.74 Å². The summed E-state index contributed by atoms with van der Waals surface area (Å²) in [5.74, 6) is 1.25. The summed E-state index contributed by atoms with van der Waals surface area (Å²) in [5, 5.41) is 9.20. The number of benzene rings is 1. The standard InChI is InChI=1S/C10H12O2/c1-7-2-3-8-6-9(11)4-5-10(8)12-7/h4-7,11H,2-3H2,1H3. The van der Waals surface area contributed by atoms with Gasteiger partial charge in [-0.2, -0.15) is 0 Å². The number of hydrogen-bond donors (Lipinski definition) is 1. The minimum absolute atomic E-state index is 0.307. The van der Waals surface area contributed by atoms with Gasteiger partial charge in [0.15, 0.2) is 0 Å². The molecule has 0 spiro atoms. The highest BCUT2D eigenvalue weighted by atomic mass is 16.5. The van der Waals surface area contributed by atoms with Crippen molar-refractivity contribution in [3.05, 3.63) is 23.8 Å². The summed E-state index contributed by atoms with van der Waals surface area (Å²) in [5.41, 5.74) is 1.12. The molecule has 1 unspecified atom stereocenters. The number of aromatic hydroxyl groups is 1. The molecule has 2 heteroatoms. The highest BCUT2D eigenvalue weighted by molar-refractivity contribution is 5.40. The SMILES string of the molecule is CC1CCc2cc(O)ccc2O1. The Labute approximate surface area is 71.8 Å². The molecule has 2 rings (SSSR count). The highest BCUT2D eigenvalue weighted by Gasteiger charge is 2.15. The first-order chi connectivity index (χ1) is 5.75. The first-order valence-electron chi connectivity index (χ1n) is 4.24. The predicted octanol–water partition coefficient (Wildman–Crippen LogP) is 2.11. The van der Waals surface area contributed by atoms with Gasteiger partial charge in [-0.3, -0.25) is 0 Å². The van der Waals surface area contributed by atoms with Crippen LogP contribution in [0.5, 0.6) is 11.5 Å². The average Bonchev–Trinajstić information content (AvgIpc) is 2.05. The maximum absolute atomic E-state index is 9.20.